The molecule has 0 bridgehead atoms. The molecule has 0 spiro atoms. The van der Waals surface area contributed by atoms with Crippen molar-refractivity contribution in [3.8, 4) is 5.75 Å². The zero-order valence-corrected chi connectivity index (χ0v) is 17.4. The fourth-order valence-corrected chi connectivity index (χ4v) is 3.08. The molecule has 1 aromatic rings. The van der Waals surface area contributed by atoms with Crippen LogP contribution < -0.4 is 10.2 Å². The van der Waals surface area contributed by atoms with Crippen LogP contribution in [0, 0.1) is 5.41 Å². The first kappa shape index (κ1) is 20.7. The Kier molecular flexibility index (Phi) is 6.21. The molecule has 0 aromatic heterocycles. The van der Waals surface area contributed by atoms with Crippen LogP contribution in [0.5, 0.6) is 5.75 Å². The van der Waals surface area contributed by atoms with E-state index < -0.39 is 0 Å². The third-order valence-corrected chi connectivity index (χ3v) is 5.69. The summed E-state index contributed by atoms with van der Waals surface area (Å²) in [4.78, 5) is 0. The SMILES string of the molecule is CC1(COCCCCOc2cccc(B3OC(C)(C)C(C)(C)O3)c2)COC1. The van der Waals surface area contributed by atoms with Gasteiger partial charge in [-0.3, -0.25) is 0 Å². The number of hydrogen-bond acceptors (Lipinski definition) is 5. The second kappa shape index (κ2) is 8.12. The molecule has 0 aliphatic carbocycles. The highest BCUT2D eigenvalue weighted by Crippen LogP contribution is 2.36. The molecule has 150 valence electrons. The molecule has 0 saturated carbocycles. The van der Waals surface area contributed by atoms with Crippen LogP contribution in [0.2, 0.25) is 0 Å². The number of ether oxygens (including phenoxy) is 3. The van der Waals surface area contributed by atoms with Gasteiger partial charge in [-0.1, -0.05) is 19.1 Å². The van der Waals surface area contributed by atoms with E-state index in [1.54, 1.807) is 0 Å². The van der Waals surface area contributed by atoms with Gasteiger partial charge in [0.15, 0.2) is 0 Å². The maximum absolute atomic E-state index is 6.11. The minimum absolute atomic E-state index is 0.227. The molecular weight excluding hydrogens is 343 g/mol. The van der Waals surface area contributed by atoms with E-state index in [4.69, 9.17) is 23.5 Å². The lowest BCUT2D eigenvalue weighted by Gasteiger charge is -2.37. The van der Waals surface area contributed by atoms with Gasteiger partial charge in [-0.2, -0.15) is 0 Å². The minimum atomic E-state index is -0.358. The first-order valence-electron chi connectivity index (χ1n) is 9.95. The van der Waals surface area contributed by atoms with Gasteiger partial charge < -0.3 is 23.5 Å². The number of unbranched alkanes of at least 4 members (excludes halogenated alkanes) is 1. The van der Waals surface area contributed by atoms with Crippen LogP contribution in [0.3, 0.4) is 0 Å². The van der Waals surface area contributed by atoms with Gasteiger partial charge in [0.05, 0.1) is 37.6 Å². The lowest BCUT2D eigenvalue weighted by Crippen LogP contribution is -2.43. The van der Waals surface area contributed by atoms with Crippen molar-refractivity contribution in [3.63, 3.8) is 0 Å². The van der Waals surface area contributed by atoms with E-state index in [1.807, 2.05) is 24.3 Å². The van der Waals surface area contributed by atoms with E-state index in [9.17, 15) is 0 Å². The Morgan fingerprint density at radius 2 is 1.63 bits per heavy atom. The molecule has 5 nitrogen and oxygen atoms in total. The van der Waals surface area contributed by atoms with Gasteiger partial charge in [0.25, 0.3) is 0 Å². The van der Waals surface area contributed by atoms with Crippen LogP contribution in [-0.4, -0.2) is 51.4 Å². The summed E-state index contributed by atoms with van der Waals surface area (Å²) in [5, 5.41) is 0. The van der Waals surface area contributed by atoms with E-state index in [1.165, 1.54) is 0 Å². The molecule has 0 atom stereocenters. The molecule has 2 aliphatic rings. The van der Waals surface area contributed by atoms with Crippen LogP contribution in [0.1, 0.15) is 47.5 Å². The molecule has 2 saturated heterocycles. The van der Waals surface area contributed by atoms with Gasteiger partial charge in [0.2, 0.25) is 0 Å². The summed E-state index contributed by atoms with van der Waals surface area (Å²) in [7, 11) is -0.358. The van der Waals surface area contributed by atoms with Gasteiger partial charge in [-0.15, -0.1) is 0 Å². The molecular formula is C21H33BO5. The molecule has 27 heavy (non-hydrogen) atoms. The van der Waals surface area contributed by atoms with Crippen LogP contribution in [0.25, 0.3) is 0 Å². The molecule has 6 heteroatoms. The monoisotopic (exact) mass is 376 g/mol. The largest absolute Gasteiger partial charge is 0.494 e. The van der Waals surface area contributed by atoms with E-state index in [0.29, 0.717) is 6.61 Å². The quantitative estimate of drug-likeness (QED) is 0.489. The highest BCUT2D eigenvalue weighted by Gasteiger charge is 2.51. The fraction of sp³-hybridized carbons (Fsp3) is 0.714. The lowest BCUT2D eigenvalue weighted by atomic mass is 9.79. The van der Waals surface area contributed by atoms with Crippen molar-refractivity contribution in [3.05, 3.63) is 24.3 Å². The summed E-state index contributed by atoms with van der Waals surface area (Å²) in [6.45, 7) is 14.3. The lowest BCUT2D eigenvalue weighted by molar-refractivity contribution is -0.138. The highest BCUT2D eigenvalue weighted by molar-refractivity contribution is 6.62. The third-order valence-electron chi connectivity index (χ3n) is 5.69. The molecule has 2 heterocycles. The molecule has 2 aliphatic heterocycles. The predicted octanol–water partition coefficient (Wildman–Crippen LogP) is 3.20. The Labute approximate surface area is 163 Å². The first-order chi connectivity index (χ1) is 12.7. The van der Waals surface area contributed by atoms with Gasteiger partial charge in [0, 0.05) is 12.0 Å². The summed E-state index contributed by atoms with van der Waals surface area (Å²) in [5.74, 6) is 0.849. The Morgan fingerprint density at radius 1 is 0.963 bits per heavy atom. The zero-order chi connectivity index (χ0) is 19.5. The van der Waals surface area contributed by atoms with Crippen LogP contribution in [0.4, 0.5) is 0 Å². The van der Waals surface area contributed by atoms with Crippen LogP contribution in [-0.2, 0) is 18.8 Å². The highest BCUT2D eigenvalue weighted by atomic mass is 16.7. The van der Waals surface area contributed by atoms with Crippen molar-refractivity contribution < 1.29 is 23.5 Å². The van der Waals surface area contributed by atoms with E-state index in [-0.39, 0.29) is 23.7 Å². The first-order valence-corrected chi connectivity index (χ1v) is 9.95. The van der Waals surface area contributed by atoms with Crippen molar-refractivity contribution in [1.82, 2.24) is 0 Å². The smallest absolute Gasteiger partial charge is 0.494 e. The molecule has 2 fully saturated rings. The van der Waals surface area contributed by atoms with Crippen molar-refractivity contribution in [1.29, 1.82) is 0 Å². The van der Waals surface area contributed by atoms with Gasteiger partial charge in [-0.05, 0) is 58.1 Å². The minimum Gasteiger partial charge on any atom is -0.494 e. The van der Waals surface area contributed by atoms with Gasteiger partial charge in [0.1, 0.15) is 5.75 Å². The third kappa shape index (κ3) is 5.05. The Hall–Kier alpha value is -1.08. The standard InChI is InChI=1S/C21H33BO5/c1-19(2)20(3,4)27-22(26-19)17-9-8-10-18(13-17)25-12-7-6-11-23-14-21(5)15-24-16-21/h8-10,13H,6-7,11-12,14-16H2,1-5H3. The summed E-state index contributed by atoms with van der Waals surface area (Å²) in [5.41, 5.74) is 0.546. The molecule has 0 unspecified atom stereocenters. The summed E-state index contributed by atoms with van der Waals surface area (Å²) >= 11 is 0. The fourth-order valence-electron chi connectivity index (χ4n) is 3.08. The van der Waals surface area contributed by atoms with Crippen molar-refractivity contribution in [2.45, 2.75) is 58.7 Å². The number of rotatable bonds is 9. The normalized spacial score (nSPS) is 22.5. The zero-order valence-electron chi connectivity index (χ0n) is 17.4. The van der Waals surface area contributed by atoms with Crippen LogP contribution >= 0.6 is 0 Å². The maximum atomic E-state index is 6.11. The Bertz CT molecular complexity index is 611. The topological polar surface area (TPSA) is 46.2 Å². The molecule has 0 amide bonds. The molecule has 3 rings (SSSR count). The summed E-state index contributed by atoms with van der Waals surface area (Å²) in [6.07, 6.45) is 1.96. The van der Waals surface area contributed by atoms with Crippen molar-refractivity contribution in [2.24, 2.45) is 5.41 Å². The molecule has 0 N–H and O–H groups in total. The Morgan fingerprint density at radius 3 is 2.26 bits per heavy atom. The Balaban J connectivity index is 1.38. The van der Waals surface area contributed by atoms with Crippen LogP contribution in [0.15, 0.2) is 24.3 Å². The second-order valence-electron chi connectivity index (χ2n) is 9.07. The average Bonchev–Trinajstić information content (AvgIpc) is 2.80. The van der Waals surface area contributed by atoms with E-state index in [2.05, 4.69) is 34.6 Å². The summed E-state index contributed by atoms with van der Waals surface area (Å²) < 4.78 is 29.1. The number of hydrogen-bond donors (Lipinski definition) is 0. The second-order valence-corrected chi connectivity index (χ2v) is 9.07. The van der Waals surface area contributed by atoms with Crippen molar-refractivity contribution in [2.75, 3.05) is 33.0 Å². The maximum Gasteiger partial charge on any atom is 0.494 e. The summed E-state index contributed by atoms with van der Waals surface area (Å²) in [6, 6.07) is 7.99. The average molecular weight is 376 g/mol. The number of benzene rings is 1. The van der Waals surface area contributed by atoms with Gasteiger partial charge in [-0.25, -0.2) is 0 Å². The molecule has 1 aromatic carbocycles. The molecule has 0 radical (unpaired) electrons. The van der Waals surface area contributed by atoms with Gasteiger partial charge >= 0.3 is 7.12 Å². The van der Waals surface area contributed by atoms with E-state index >= 15 is 0 Å². The van der Waals surface area contributed by atoms with E-state index in [0.717, 1.165) is 50.5 Å². The van der Waals surface area contributed by atoms with Crippen molar-refractivity contribution >= 4 is 12.6 Å². The predicted molar refractivity (Wildman–Crippen MR) is 107 cm³/mol.